The van der Waals surface area contributed by atoms with Crippen LogP contribution in [0, 0.1) is 0 Å². The van der Waals surface area contributed by atoms with Crippen LogP contribution in [0.25, 0.3) is 11.1 Å². The van der Waals surface area contributed by atoms with Crippen LogP contribution in [0.1, 0.15) is 31.7 Å². The van der Waals surface area contributed by atoms with Gasteiger partial charge in [0.25, 0.3) is 0 Å². The highest BCUT2D eigenvalue weighted by atomic mass is 31.2. The lowest BCUT2D eigenvalue weighted by Gasteiger charge is -2.28. The highest BCUT2D eigenvalue weighted by Gasteiger charge is 2.29. The number of hydrogen-bond acceptors (Lipinski definition) is 2. The Balaban J connectivity index is 1.74. The molecule has 2 nitrogen and oxygen atoms in total. The van der Waals surface area contributed by atoms with Gasteiger partial charge in [-0.1, -0.05) is 68.4 Å². The fourth-order valence-electron chi connectivity index (χ4n) is 3.12. The molecule has 0 aliphatic carbocycles. The monoisotopic (exact) mass is 348 g/mol. The van der Waals surface area contributed by atoms with E-state index in [-0.39, 0.29) is 0 Å². The first-order valence-electron chi connectivity index (χ1n) is 8.71. The molecule has 0 spiro atoms. The number of para-hydroxylation sites is 2. The molecule has 25 heavy (non-hydrogen) atoms. The number of hydrogen-bond donors (Lipinski definition) is 0. The van der Waals surface area contributed by atoms with Crippen LogP contribution in [-0.2, 0) is 0 Å². The predicted molar refractivity (Wildman–Crippen MR) is 105 cm³/mol. The highest BCUT2D eigenvalue weighted by molar-refractivity contribution is 7.57. The molecular formula is C22H21O2P. The van der Waals surface area contributed by atoms with Gasteiger partial charge in [0.2, 0.25) is 0 Å². The molecule has 0 radical (unpaired) electrons. The molecular weight excluding hydrogens is 327 g/mol. The normalized spacial score (nSPS) is 16.3. The molecule has 3 aromatic rings. The predicted octanol–water partition coefficient (Wildman–Crippen LogP) is 6.28. The quantitative estimate of drug-likeness (QED) is 0.517. The first kappa shape index (κ1) is 16.2. The van der Waals surface area contributed by atoms with Crippen molar-refractivity contribution >= 4 is 13.7 Å². The fourth-order valence-corrected chi connectivity index (χ4v) is 4.63. The van der Waals surface area contributed by atoms with Gasteiger partial charge >= 0.3 is 8.38 Å². The topological polar surface area (TPSA) is 18.5 Å². The van der Waals surface area contributed by atoms with Crippen molar-refractivity contribution < 1.29 is 9.05 Å². The van der Waals surface area contributed by atoms with Crippen molar-refractivity contribution in [2.75, 3.05) is 0 Å². The van der Waals surface area contributed by atoms with E-state index in [1.807, 2.05) is 24.3 Å². The van der Waals surface area contributed by atoms with E-state index in [9.17, 15) is 0 Å². The van der Waals surface area contributed by atoms with Crippen LogP contribution < -0.4 is 14.4 Å². The van der Waals surface area contributed by atoms with Gasteiger partial charge in [-0.15, -0.1) is 0 Å². The molecule has 1 aliphatic heterocycles. The van der Waals surface area contributed by atoms with E-state index in [1.54, 1.807) is 0 Å². The molecule has 4 rings (SSSR count). The van der Waals surface area contributed by atoms with Crippen molar-refractivity contribution in [2.45, 2.75) is 26.2 Å². The molecule has 0 fully saturated rings. The summed E-state index contributed by atoms with van der Waals surface area (Å²) in [4.78, 5) is 0. The third-order valence-corrected chi connectivity index (χ3v) is 6.21. The minimum absolute atomic E-state index is 0.457. The lowest BCUT2D eigenvalue weighted by molar-refractivity contribution is 0.493. The molecule has 0 bridgehead atoms. The van der Waals surface area contributed by atoms with Crippen LogP contribution in [0.15, 0.2) is 72.8 Å². The van der Waals surface area contributed by atoms with Crippen molar-refractivity contribution in [3.63, 3.8) is 0 Å². The van der Waals surface area contributed by atoms with Gasteiger partial charge < -0.3 is 9.05 Å². The summed E-state index contributed by atoms with van der Waals surface area (Å²) in [5.74, 6) is 2.28. The lowest BCUT2D eigenvalue weighted by Crippen LogP contribution is -2.17. The maximum Gasteiger partial charge on any atom is 0.326 e. The Labute approximate surface area is 150 Å². The first-order chi connectivity index (χ1) is 12.3. The van der Waals surface area contributed by atoms with Gasteiger partial charge in [-0.05, 0) is 41.7 Å². The first-order valence-corrected chi connectivity index (χ1v) is 9.89. The SMILES string of the molecule is CCC(C)c1ccccc1OP1Oc2ccccc2-c2ccccc21. The summed E-state index contributed by atoms with van der Waals surface area (Å²) in [5, 5.41) is 1.13. The largest absolute Gasteiger partial charge is 0.435 e. The third-order valence-electron chi connectivity index (χ3n) is 4.70. The van der Waals surface area contributed by atoms with Crippen molar-refractivity contribution in [2.24, 2.45) is 0 Å². The minimum atomic E-state index is -1.20. The lowest BCUT2D eigenvalue weighted by atomic mass is 9.98. The second kappa shape index (κ2) is 6.90. The number of benzene rings is 3. The van der Waals surface area contributed by atoms with E-state index in [4.69, 9.17) is 9.05 Å². The summed E-state index contributed by atoms with van der Waals surface area (Å²) in [7, 11) is -1.20. The molecule has 0 saturated carbocycles. The van der Waals surface area contributed by atoms with E-state index in [0.717, 1.165) is 28.8 Å². The zero-order valence-electron chi connectivity index (χ0n) is 14.5. The Morgan fingerprint density at radius 2 is 1.56 bits per heavy atom. The van der Waals surface area contributed by atoms with Crippen LogP contribution >= 0.6 is 8.38 Å². The molecule has 0 amide bonds. The zero-order chi connectivity index (χ0) is 17.2. The smallest absolute Gasteiger partial charge is 0.326 e. The molecule has 2 unspecified atom stereocenters. The Hall–Kier alpha value is -2.31. The van der Waals surface area contributed by atoms with Gasteiger partial charge in [0.15, 0.2) is 0 Å². The van der Waals surface area contributed by atoms with Gasteiger partial charge in [0.05, 0.1) is 5.30 Å². The average molecular weight is 348 g/mol. The van der Waals surface area contributed by atoms with Gasteiger partial charge in [-0.25, -0.2) is 0 Å². The number of fused-ring (bicyclic) bond motifs is 3. The van der Waals surface area contributed by atoms with Crippen molar-refractivity contribution in [3.05, 3.63) is 78.4 Å². The Morgan fingerprint density at radius 3 is 2.40 bits per heavy atom. The Bertz CT molecular complexity index is 890. The van der Waals surface area contributed by atoms with E-state index >= 15 is 0 Å². The molecule has 2 atom stereocenters. The van der Waals surface area contributed by atoms with E-state index in [1.165, 1.54) is 11.1 Å². The summed E-state index contributed by atoms with van der Waals surface area (Å²) in [6.07, 6.45) is 1.08. The molecule has 1 heterocycles. The van der Waals surface area contributed by atoms with Crippen LogP contribution in [0.3, 0.4) is 0 Å². The van der Waals surface area contributed by atoms with E-state index < -0.39 is 8.38 Å². The fraction of sp³-hybridized carbons (Fsp3) is 0.182. The Morgan fingerprint density at radius 1 is 0.880 bits per heavy atom. The van der Waals surface area contributed by atoms with Gasteiger partial charge in [-0.3, -0.25) is 0 Å². The van der Waals surface area contributed by atoms with Crippen molar-refractivity contribution in [1.82, 2.24) is 0 Å². The van der Waals surface area contributed by atoms with Crippen LogP contribution in [-0.4, -0.2) is 0 Å². The minimum Gasteiger partial charge on any atom is -0.435 e. The summed E-state index contributed by atoms with van der Waals surface area (Å²) in [6, 6.07) is 24.9. The standard InChI is InChI=1S/C22H21O2P/c1-3-16(2)17-10-4-7-13-20(17)23-25-22-15-9-6-12-19(22)18-11-5-8-14-21(18)24-25/h4-16H,3H2,1-2H3. The van der Waals surface area contributed by atoms with Gasteiger partial charge in [-0.2, -0.15) is 0 Å². The summed E-state index contributed by atoms with van der Waals surface area (Å²) >= 11 is 0. The summed E-state index contributed by atoms with van der Waals surface area (Å²) in [6.45, 7) is 4.44. The summed E-state index contributed by atoms with van der Waals surface area (Å²) in [5.41, 5.74) is 3.58. The van der Waals surface area contributed by atoms with Crippen molar-refractivity contribution in [3.8, 4) is 22.6 Å². The second-order valence-electron chi connectivity index (χ2n) is 6.30. The zero-order valence-corrected chi connectivity index (χ0v) is 15.4. The van der Waals surface area contributed by atoms with Gasteiger partial charge in [0, 0.05) is 5.56 Å². The molecule has 0 N–H and O–H groups in total. The average Bonchev–Trinajstić information content (AvgIpc) is 2.68. The maximum atomic E-state index is 6.44. The van der Waals surface area contributed by atoms with Crippen LogP contribution in [0.2, 0.25) is 0 Å². The molecule has 1 aliphatic rings. The summed E-state index contributed by atoms with van der Waals surface area (Å²) < 4.78 is 12.7. The molecule has 3 heteroatoms. The van der Waals surface area contributed by atoms with E-state index in [2.05, 4.69) is 62.4 Å². The van der Waals surface area contributed by atoms with E-state index in [0.29, 0.717) is 5.92 Å². The maximum absolute atomic E-state index is 6.44. The third kappa shape index (κ3) is 3.03. The van der Waals surface area contributed by atoms with Gasteiger partial charge in [0.1, 0.15) is 11.5 Å². The van der Waals surface area contributed by atoms with Crippen LogP contribution in [0.5, 0.6) is 11.5 Å². The van der Waals surface area contributed by atoms with Crippen LogP contribution in [0.4, 0.5) is 0 Å². The second-order valence-corrected chi connectivity index (χ2v) is 7.66. The molecule has 3 aromatic carbocycles. The molecule has 0 saturated heterocycles. The molecule has 0 aromatic heterocycles. The number of rotatable bonds is 4. The highest BCUT2D eigenvalue weighted by Crippen LogP contribution is 2.50. The van der Waals surface area contributed by atoms with Crippen molar-refractivity contribution in [1.29, 1.82) is 0 Å². The molecule has 126 valence electrons. The Kier molecular flexibility index (Phi) is 4.46.